The molecule has 2 rings (SSSR count). The Bertz CT molecular complexity index is 572. The van der Waals surface area contributed by atoms with Crippen molar-refractivity contribution in [1.29, 1.82) is 0 Å². The molecule has 0 aliphatic carbocycles. The maximum absolute atomic E-state index is 11.5. The molecule has 0 aliphatic rings. The van der Waals surface area contributed by atoms with Crippen molar-refractivity contribution >= 4 is 17.0 Å². The number of aryl methyl sites for hydroxylation is 2. The van der Waals surface area contributed by atoms with Gasteiger partial charge in [-0.3, -0.25) is 0 Å². The minimum Gasteiger partial charge on any atom is -0.465 e. The predicted octanol–water partition coefficient (Wildman–Crippen LogP) is 2.93. The number of methoxy groups -OCH3 is 1. The first-order chi connectivity index (χ1) is 8.67. The van der Waals surface area contributed by atoms with E-state index in [0.29, 0.717) is 5.56 Å². The molecule has 0 saturated carbocycles. The average Bonchev–Trinajstić information content (AvgIpc) is 2.70. The molecular formula is C14H18N2O2. The van der Waals surface area contributed by atoms with Gasteiger partial charge in [-0.2, -0.15) is 0 Å². The number of hydrogen-bond donors (Lipinski definition) is 0. The maximum Gasteiger partial charge on any atom is 0.337 e. The van der Waals surface area contributed by atoms with Crippen LogP contribution in [0.2, 0.25) is 0 Å². The Morgan fingerprint density at radius 2 is 2.22 bits per heavy atom. The number of aromatic nitrogens is 2. The number of hydrogen-bond acceptors (Lipinski definition) is 3. The lowest BCUT2D eigenvalue weighted by Gasteiger charge is -2.05. The molecule has 0 aliphatic heterocycles. The van der Waals surface area contributed by atoms with Gasteiger partial charge in [-0.25, -0.2) is 9.78 Å². The van der Waals surface area contributed by atoms with E-state index < -0.39 is 0 Å². The first kappa shape index (κ1) is 12.6. The summed E-state index contributed by atoms with van der Waals surface area (Å²) in [5.41, 5.74) is 2.48. The zero-order chi connectivity index (χ0) is 13.1. The number of rotatable bonds is 4. The van der Waals surface area contributed by atoms with Crippen LogP contribution in [0.15, 0.2) is 18.2 Å². The van der Waals surface area contributed by atoms with Crippen molar-refractivity contribution in [3.63, 3.8) is 0 Å². The molecule has 0 bridgehead atoms. The monoisotopic (exact) mass is 246 g/mol. The van der Waals surface area contributed by atoms with Crippen molar-refractivity contribution in [1.82, 2.24) is 9.55 Å². The van der Waals surface area contributed by atoms with E-state index in [1.54, 1.807) is 12.1 Å². The molecule has 18 heavy (non-hydrogen) atoms. The first-order valence-electron chi connectivity index (χ1n) is 6.22. The number of benzene rings is 1. The molecule has 4 nitrogen and oxygen atoms in total. The van der Waals surface area contributed by atoms with Gasteiger partial charge in [0.05, 0.1) is 23.7 Å². The summed E-state index contributed by atoms with van der Waals surface area (Å²) < 4.78 is 6.91. The second-order valence-corrected chi connectivity index (χ2v) is 4.36. The van der Waals surface area contributed by atoms with Gasteiger partial charge in [0.15, 0.2) is 0 Å². The van der Waals surface area contributed by atoms with Crippen molar-refractivity contribution < 1.29 is 9.53 Å². The van der Waals surface area contributed by atoms with Gasteiger partial charge in [0, 0.05) is 6.54 Å². The van der Waals surface area contributed by atoms with Crippen molar-refractivity contribution in [2.75, 3.05) is 7.11 Å². The number of fused-ring (bicyclic) bond motifs is 1. The van der Waals surface area contributed by atoms with E-state index in [4.69, 9.17) is 4.74 Å². The molecule has 0 saturated heterocycles. The molecular weight excluding hydrogens is 228 g/mol. The van der Waals surface area contributed by atoms with Gasteiger partial charge < -0.3 is 9.30 Å². The SMILES string of the molecule is CCCCn1c(C)nc2cc(C(=O)OC)ccc21. The van der Waals surface area contributed by atoms with Crippen LogP contribution in [-0.2, 0) is 11.3 Å². The Kier molecular flexibility index (Phi) is 3.65. The van der Waals surface area contributed by atoms with Crippen LogP contribution in [0.3, 0.4) is 0 Å². The summed E-state index contributed by atoms with van der Waals surface area (Å²) in [5, 5.41) is 0. The average molecular weight is 246 g/mol. The summed E-state index contributed by atoms with van der Waals surface area (Å²) in [4.78, 5) is 16.0. The van der Waals surface area contributed by atoms with Gasteiger partial charge in [-0.1, -0.05) is 13.3 Å². The Hall–Kier alpha value is -1.84. The van der Waals surface area contributed by atoms with Crippen molar-refractivity contribution in [3.8, 4) is 0 Å². The van der Waals surface area contributed by atoms with Gasteiger partial charge in [-0.05, 0) is 31.5 Å². The number of carbonyl (C=O) groups is 1. The van der Waals surface area contributed by atoms with Gasteiger partial charge in [0.2, 0.25) is 0 Å². The van der Waals surface area contributed by atoms with E-state index in [1.807, 2.05) is 13.0 Å². The largest absolute Gasteiger partial charge is 0.465 e. The minimum absolute atomic E-state index is 0.322. The van der Waals surface area contributed by atoms with Crippen molar-refractivity contribution in [3.05, 3.63) is 29.6 Å². The van der Waals surface area contributed by atoms with Gasteiger partial charge >= 0.3 is 5.97 Å². The van der Waals surface area contributed by atoms with Crippen LogP contribution < -0.4 is 0 Å². The number of ether oxygens (including phenoxy) is 1. The lowest BCUT2D eigenvalue weighted by molar-refractivity contribution is 0.0601. The molecule has 0 fully saturated rings. The smallest absolute Gasteiger partial charge is 0.337 e. The molecule has 2 aromatic rings. The van der Waals surface area contributed by atoms with E-state index in [2.05, 4.69) is 16.5 Å². The van der Waals surface area contributed by atoms with Gasteiger partial charge in [0.1, 0.15) is 5.82 Å². The molecule has 0 N–H and O–H groups in total. The highest BCUT2D eigenvalue weighted by molar-refractivity contribution is 5.93. The molecule has 0 amide bonds. The predicted molar refractivity (Wildman–Crippen MR) is 70.7 cm³/mol. The van der Waals surface area contributed by atoms with Crippen molar-refractivity contribution in [2.45, 2.75) is 33.2 Å². The van der Waals surface area contributed by atoms with Crippen LogP contribution in [0, 0.1) is 6.92 Å². The first-order valence-corrected chi connectivity index (χ1v) is 6.22. The topological polar surface area (TPSA) is 44.1 Å². The highest BCUT2D eigenvalue weighted by Gasteiger charge is 2.11. The number of esters is 1. The highest BCUT2D eigenvalue weighted by atomic mass is 16.5. The number of carbonyl (C=O) groups excluding carboxylic acids is 1. The summed E-state index contributed by atoms with van der Waals surface area (Å²) in [7, 11) is 1.39. The minimum atomic E-state index is -0.322. The van der Waals surface area contributed by atoms with E-state index in [0.717, 1.165) is 36.2 Å². The Morgan fingerprint density at radius 3 is 2.89 bits per heavy atom. The van der Waals surface area contributed by atoms with Crippen LogP contribution >= 0.6 is 0 Å². The summed E-state index contributed by atoms with van der Waals surface area (Å²) in [6, 6.07) is 5.52. The molecule has 96 valence electrons. The third kappa shape index (κ3) is 2.23. The third-order valence-electron chi connectivity index (χ3n) is 3.10. The van der Waals surface area contributed by atoms with E-state index in [-0.39, 0.29) is 5.97 Å². The summed E-state index contributed by atoms with van der Waals surface area (Å²) >= 11 is 0. The fraction of sp³-hybridized carbons (Fsp3) is 0.429. The fourth-order valence-corrected chi connectivity index (χ4v) is 2.09. The molecule has 4 heteroatoms. The highest BCUT2D eigenvalue weighted by Crippen LogP contribution is 2.19. The fourth-order valence-electron chi connectivity index (χ4n) is 2.09. The Labute approximate surface area is 107 Å². The third-order valence-corrected chi connectivity index (χ3v) is 3.10. The van der Waals surface area contributed by atoms with Gasteiger partial charge in [-0.15, -0.1) is 0 Å². The standard InChI is InChI=1S/C14H18N2O2/c1-4-5-8-16-10(2)15-12-9-11(14(17)18-3)6-7-13(12)16/h6-7,9H,4-5,8H2,1-3H3. The number of imidazole rings is 1. The molecule has 1 heterocycles. The molecule has 0 atom stereocenters. The number of nitrogens with zero attached hydrogens (tertiary/aromatic N) is 2. The van der Waals surface area contributed by atoms with Gasteiger partial charge in [0.25, 0.3) is 0 Å². The van der Waals surface area contributed by atoms with Crippen LogP contribution in [0.1, 0.15) is 35.9 Å². The van der Waals surface area contributed by atoms with Crippen LogP contribution in [-0.4, -0.2) is 22.6 Å². The van der Waals surface area contributed by atoms with Crippen LogP contribution in [0.25, 0.3) is 11.0 Å². The molecule has 0 radical (unpaired) electrons. The lowest BCUT2D eigenvalue weighted by atomic mass is 10.2. The number of unbranched alkanes of at least 4 members (excludes halogenated alkanes) is 1. The van der Waals surface area contributed by atoms with E-state index in [1.165, 1.54) is 7.11 Å². The van der Waals surface area contributed by atoms with E-state index in [9.17, 15) is 4.79 Å². The maximum atomic E-state index is 11.5. The van der Waals surface area contributed by atoms with Crippen molar-refractivity contribution in [2.24, 2.45) is 0 Å². The zero-order valence-electron chi connectivity index (χ0n) is 11.1. The normalized spacial score (nSPS) is 10.8. The van der Waals surface area contributed by atoms with Crippen LogP contribution in [0.5, 0.6) is 0 Å². The second-order valence-electron chi connectivity index (χ2n) is 4.36. The van der Waals surface area contributed by atoms with Crippen LogP contribution in [0.4, 0.5) is 0 Å². The second kappa shape index (κ2) is 5.21. The summed E-state index contributed by atoms with van der Waals surface area (Å²) in [6.07, 6.45) is 2.28. The quantitative estimate of drug-likeness (QED) is 0.779. The Morgan fingerprint density at radius 1 is 1.44 bits per heavy atom. The molecule has 1 aromatic carbocycles. The molecule has 1 aromatic heterocycles. The summed E-state index contributed by atoms with van der Waals surface area (Å²) in [6.45, 7) is 5.13. The summed E-state index contributed by atoms with van der Waals surface area (Å²) in [5.74, 6) is 0.665. The van der Waals surface area contributed by atoms with E-state index >= 15 is 0 Å². The Balaban J connectivity index is 2.44. The lowest BCUT2D eigenvalue weighted by Crippen LogP contribution is -2.02. The molecule has 0 spiro atoms. The molecule has 0 unspecified atom stereocenters. The zero-order valence-corrected chi connectivity index (χ0v) is 11.1.